The highest BCUT2D eigenvalue weighted by Gasteiger charge is 2.26. The zero-order valence-corrected chi connectivity index (χ0v) is 9.83. The van der Waals surface area contributed by atoms with Gasteiger partial charge in [0.25, 0.3) is 0 Å². The van der Waals surface area contributed by atoms with Gasteiger partial charge in [-0.3, -0.25) is 14.3 Å². The Kier molecular flexibility index (Phi) is 3.17. The standard InChI is InChI=1S/C13H14O5/c14-12-10(4-5-15-12)6-9-2-1-3-11(7-9)18-13-16-8-17-13/h1-3,7,10,13H,4-6,8H2. The van der Waals surface area contributed by atoms with E-state index in [1.807, 2.05) is 24.3 Å². The van der Waals surface area contributed by atoms with E-state index in [1.54, 1.807) is 0 Å². The molecule has 0 bridgehead atoms. The van der Waals surface area contributed by atoms with Crippen LogP contribution in [0.5, 0.6) is 5.75 Å². The smallest absolute Gasteiger partial charge is 0.319 e. The number of esters is 1. The molecule has 0 radical (unpaired) electrons. The van der Waals surface area contributed by atoms with E-state index in [9.17, 15) is 4.79 Å². The van der Waals surface area contributed by atoms with Crippen LogP contribution in [0.2, 0.25) is 0 Å². The van der Waals surface area contributed by atoms with E-state index >= 15 is 0 Å². The second-order valence-electron chi connectivity index (χ2n) is 4.36. The fraction of sp³-hybridized carbons (Fsp3) is 0.462. The highest BCUT2D eigenvalue weighted by molar-refractivity contribution is 5.74. The van der Waals surface area contributed by atoms with Crippen LogP contribution in [-0.2, 0) is 25.4 Å². The maximum absolute atomic E-state index is 11.4. The van der Waals surface area contributed by atoms with Gasteiger partial charge < -0.3 is 9.47 Å². The topological polar surface area (TPSA) is 54.0 Å². The third kappa shape index (κ3) is 2.47. The third-order valence-electron chi connectivity index (χ3n) is 3.07. The van der Waals surface area contributed by atoms with Crippen molar-refractivity contribution < 1.29 is 23.7 Å². The first kappa shape index (κ1) is 11.5. The van der Waals surface area contributed by atoms with Crippen LogP contribution in [0.3, 0.4) is 0 Å². The highest BCUT2D eigenvalue weighted by atomic mass is 17.0. The summed E-state index contributed by atoms with van der Waals surface area (Å²) in [6.07, 6.45) is 1.47. The summed E-state index contributed by atoms with van der Waals surface area (Å²) in [6, 6.07) is 7.60. The minimum Gasteiger partial charge on any atom is -0.465 e. The van der Waals surface area contributed by atoms with E-state index in [1.165, 1.54) is 0 Å². The van der Waals surface area contributed by atoms with Gasteiger partial charge >= 0.3 is 12.4 Å². The zero-order valence-electron chi connectivity index (χ0n) is 9.83. The minimum absolute atomic E-state index is 0.0311. The van der Waals surface area contributed by atoms with E-state index in [0.717, 1.165) is 12.0 Å². The fourth-order valence-corrected chi connectivity index (χ4v) is 2.06. The first-order valence-corrected chi connectivity index (χ1v) is 5.97. The van der Waals surface area contributed by atoms with Crippen molar-refractivity contribution in [3.63, 3.8) is 0 Å². The van der Waals surface area contributed by atoms with E-state index in [4.69, 9.17) is 18.9 Å². The van der Waals surface area contributed by atoms with Crippen LogP contribution >= 0.6 is 0 Å². The molecule has 1 aromatic rings. The highest BCUT2D eigenvalue weighted by Crippen LogP contribution is 2.23. The summed E-state index contributed by atoms with van der Waals surface area (Å²) in [5, 5.41) is 0. The number of carbonyl (C=O) groups excluding carboxylic acids is 1. The number of hydrogen-bond acceptors (Lipinski definition) is 5. The molecule has 96 valence electrons. The second-order valence-corrected chi connectivity index (χ2v) is 4.36. The van der Waals surface area contributed by atoms with Gasteiger partial charge in [-0.1, -0.05) is 12.1 Å². The second kappa shape index (κ2) is 4.96. The Hall–Kier alpha value is -1.59. The Labute approximate surface area is 105 Å². The average Bonchev–Trinajstić information content (AvgIpc) is 2.71. The summed E-state index contributed by atoms with van der Waals surface area (Å²) in [6.45, 7) is 0.207. The van der Waals surface area contributed by atoms with E-state index in [-0.39, 0.29) is 18.7 Å². The third-order valence-corrected chi connectivity index (χ3v) is 3.07. The number of benzene rings is 1. The van der Waals surface area contributed by atoms with Crippen molar-refractivity contribution in [3.8, 4) is 5.75 Å². The summed E-state index contributed by atoms with van der Waals surface area (Å²) in [5.74, 6) is 0.548. The van der Waals surface area contributed by atoms with E-state index < -0.39 is 6.48 Å². The van der Waals surface area contributed by atoms with Crippen LogP contribution in [0.4, 0.5) is 0 Å². The van der Waals surface area contributed by atoms with Crippen molar-refractivity contribution in [1.82, 2.24) is 0 Å². The summed E-state index contributed by atoms with van der Waals surface area (Å²) < 4.78 is 20.4. The van der Waals surface area contributed by atoms with Crippen molar-refractivity contribution in [2.45, 2.75) is 19.3 Å². The van der Waals surface area contributed by atoms with Gasteiger partial charge in [0.1, 0.15) is 5.75 Å². The van der Waals surface area contributed by atoms with Crippen LogP contribution in [0.1, 0.15) is 12.0 Å². The lowest BCUT2D eigenvalue weighted by atomic mass is 9.98. The summed E-state index contributed by atoms with van der Waals surface area (Å²) in [7, 11) is 0. The lowest BCUT2D eigenvalue weighted by Gasteiger charge is -2.26. The first-order valence-electron chi connectivity index (χ1n) is 5.97. The molecular weight excluding hydrogens is 236 g/mol. The molecule has 1 atom stereocenters. The van der Waals surface area contributed by atoms with Crippen molar-refractivity contribution in [2.24, 2.45) is 5.92 Å². The maximum Gasteiger partial charge on any atom is 0.319 e. The molecule has 0 N–H and O–H groups in total. The molecule has 3 rings (SSSR count). The van der Waals surface area contributed by atoms with Gasteiger partial charge in [0.2, 0.25) is 0 Å². The molecule has 2 fully saturated rings. The largest absolute Gasteiger partial charge is 0.465 e. The molecule has 0 saturated carbocycles. The molecule has 2 aliphatic heterocycles. The van der Waals surface area contributed by atoms with Gasteiger partial charge in [-0.25, -0.2) is 0 Å². The molecule has 5 nitrogen and oxygen atoms in total. The number of rotatable bonds is 4. The van der Waals surface area contributed by atoms with Crippen LogP contribution in [0, 0.1) is 5.92 Å². The zero-order chi connectivity index (χ0) is 12.4. The molecule has 0 spiro atoms. The Morgan fingerprint density at radius 2 is 2.22 bits per heavy atom. The summed E-state index contributed by atoms with van der Waals surface area (Å²) in [4.78, 5) is 11.4. The number of ether oxygens (including phenoxy) is 4. The van der Waals surface area contributed by atoms with Crippen molar-refractivity contribution in [3.05, 3.63) is 29.8 Å². The Morgan fingerprint density at radius 3 is 2.89 bits per heavy atom. The van der Waals surface area contributed by atoms with Crippen LogP contribution in [0.15, 0.2) is 24.3 Å². The van der Waals surface area contributed by atoms with Gasteiger partial charge in [0, 0.05) is 0 Å². The van der Waals surface area contributed by atoms with Gasteiger partial charge in [-0.05, 0) is 30.5 Å². The average molecular weight is 250 g/mol. The molecule has 5 heteroatoms. The Bertz CT molecular complexity index is 441. The molecule has 1 unspecified atom stereocenters. The van der Waals surface area contributed by atoms with Gasteiger partial charge in [-0.2, -0.15) is 0 Å². The minimum atomic E-state index is -0.600. The van der Waals surface area contributed by atoms with Gasteiger partial charge in [0.15, 0.2) is 6.79 Å². The molecule has 1 aromatic carbocycles. The molecule has 0 amide bonds. The summed E-state index contributed by atoms with van der Waals surface area (Å²) in [5.41, 5.74) is 1.05. The molecule has 0 aromatic heterocycles. The predicted octanol–water partition coefficient (Wildman–Crippen LogP) is 1.46. The summed E-state index contributed by atoms with van der Waals surface area (Å²) >= 11 is 0. The lowest BCUT2D eigenvalue weighted by molar-refractivity contribution is -0.394. The quantitative estimate of drug-likeness (QED) is 0.757. The lowest BCUT2D eigenvalue weighted by Crippen LogP contribution is -2.35. The molecule has 0 aliphatic carbocycles. The molecule has 18 heavy (non-hydrogen) atoms. The van der Waals surface area contributed by atoms with Gasteiger partial charge in [-0.15, -0.1) is 0 Å². The number of cyclic esters (lactones) is 1. The van der Waals surface area contributed by atoms with E-state index in [2.05, 4.69) is 0 Å². The van der Waals surface area contributed by atoms with Crippen molar-refractivity contribution >= 4 is 5.97 Å². The number of hydrogen-bond donors (Lipinski definition) is 0. The monoisotopic (exact) mass is 250 g/mol. The fourth-order valence-electron chi connectivity index (χ4n) is 2.06. The van der Waals surface area contributed by atoms with Crippen molar-refractivity contribution in [2.75, 3.05) is 13.4 Å². The molecular formula is C13H14O5. The van der Waals surface area contributed by atoms with Crippen molar-refractivity contribution in [1.29, 1.82) is 0 Å². The SMILES string of the molecule is O=C1OCCC1Cc1cccc(OC2OCO2)c1. The molecule has 2 saturated heterocycles. The van der Waals surface area contributed by atoms with E-state index in [0.29, 0.717) is 18.8 Å². The number of carbonyl (C=O) groups is 1. The molecule has 2 heterocycles. The predicted molar refractivity (Wildman–Crippen MR) is 60.7 cm³/mol. The molecule has 2 aliphatic rings. The van der Waals surface area contributed by atoms with Crippen LogP contribution in [-0.4, -0.2) is 25.8 Å². The Balaban J connectivity index is 1.64. The van der Waals surface area contributed by atoms with Gasteiger partial charge in [0.05, 0.1) is 12.5 Å². The van der Waals surface area contributed by atoms with Crippen LogP contribution in [0.25, 0.3) is 0 Å². The van der Waals surface area contributed by atoms with Crippen LogP contribution < -0.4 is 4.74 Å². The normalized spacial score (nSPS) is 23.6. The first-order chi connectivity index (χ1) is 8.81. The maximum atomic E-state index is 11.4. The Morgan fingerprint density at radius 1 is 1.33 bits per heavy atom.